The molecule has 0 aliphatic carbocycles. The van der Waals surface area contributed by atoms with E-state index in [0.717, 1.165) is 17.5 Å². The highest BCUT2D eigenvalue weighted by molar-refractivity contribution is 7.89. The Morgan fingerprint density at radius 3 is 2.50 bits per heavy atom. The van der Waals surface area contributed by atoms with Gasteiger partial charge in [-0.05, 0) is 47.7 Å². The number of benzene rings is 2. The van der Waals surface area contributed by atoms with E-state index >= 15 is 0 Å². The van der Waals surface area contributed by atoms with Crippen LogP contribution in [0.4, 0.5) is 5.69 Å². The molecule has 1 heterocycles. The summed E-state index contributed by atoms with van der Waals surface area (Å²) in [7, 11) is -3.57. The minimum atomic E-state index is -3.57. The molecule has 0 fully saturated rings. The van der Waals surface area contributed by atoms with Gasteiger partial charge < -0.3 is 5.32 Å². The van der Waals surface area contributed by atoms with Crippen LogP contribution in [0.25, 0.3) is 0 Å². The highest BCUT2D eigenvalue weighted by Crippen LogP contribution is 2.25. The molecule has 24 heavy (non-hydrogen) atoms. The van der Waals surface area contributed by atoms with Gasteiger partial charge in [0.2, 0.25) is 15.9 Å². The predicted octanol–water partition coefficient (Wildman–Crippen LogP) is 2.26. The number of rotatable bonds is 6. The van der Waals surface area contributed by atoms with Gasteiger partial charge in [-0.1, -0.05) is 31.2 Å². The van der Waals surface area contributed by atoms with Crippen LogP contribution < -0.4 is 10.0 Å². The fourth-order valence-corrected chi connectivity index (χ4v) is 3.81. The molecule has 5 nitrogen and oxygen atoms in total. The molecule has 0 saturated carbocycles. The highest BCUT2D eigenvalue weighted by Gasteiger charge is 2.21. The molecule has 0 spiro atoms. The molecule has 1 aliphatic heterocycles. The zero-order chi connectivity index (χ0) is 17.2. The second-order valence-electron chi connectivity index (χ2n) is 5.86. The number of hydrogen-bond acceptors (Lipinski definition) is 3. The Kier molecular flexibility index (Phi) is 4.69. The average molecular weight is 344 g/mol. The fraction of sp³-hybridized carbons (Fsp3) is 0.278. The van der Waals surface area contributed by atoms with Crippen molar-refractivity contribution in [3.63, 3.8) is 0 Å². The van der Waals surface area contributed by atoms with E-state index in [1.165, 1.54) is 11.6 Å². The lowest BCUT2D eigenvalue weighted by Crippen LogP contribution is -2.26. The summed E-state index contributed by atoms with van der Waals surface area (Å²) in [6.45, 7) is 2.44. The van der Waals surface area contributed by atoms with Crippen LogP contribution in [-0.4, -0.2) is 20.9 Å². The van der Waals surface area contributed by atoms with Crippen molar-refractivity contribution in [2.45, 2.75) is 31.1 Å². The van der Waals surface area contributed by atoms with Crippen molar-refractivity contribution in [3.8, 4) is 0 Å². The van der Waals surface area contributed by atoms with E-state index in [9.17, 15) is 13.2 Å². The van der Waals surface area contributed by atoms with Crippen molar-refractivity contribution in [3.05, 3.63) is 59.2 Å². The van der Waals surface area contributed by atoms with Crippen LogP contribution in [0.5, 0.6) is 0 Å². The van der Waals surface area contributed by atoms with Gasteiger partial charge >= 0.3 is 0 Å². The summed E-state index contributed by atoms with van der Waals surface area (Å²) in [5.74, 6) is -0.108. The molecule has 2 aromatic carbocycles. The summed E-state index contributed by atoms with van der Waals surface area (Å²) in [4.78, 5) is 11.6. The number of sulfonamides is 1. The van der Waals surface area contributed by atoms with E-state index in [0.29, 0.717) is 18.7 Å². The van der Waals surface area contributed by atoms with Gasteiger partial charge in [-0.25, -0.2) is 13.1 Å². The van der Waals surface area contributed by atoms with E-state index in [1.54, 1.807) is 12.1 Å². The Hall–Kier alpha value is -2.18. The molecule has 0 bridgehead atoms. The molecular formula is C18H20N2O3S. The predicted molar refractivity (Wildman–Crippen MR) is 93.5 cm³/mol. The van der Waals surface area contributed by atoms with E-state index in [2.05, 4.69) is 29.1 Å². The fourth-order valence-electron chi connectivity index (χ4n) is 2.73. The van der Waals surface area contributed by atoms with Crippen molar-refractivity contribution in [1.82, 2.24) is 4.72 Å². The summed E-state index contributed by atoms with van der Waals surface area (Å²) in [5.41, 5.74) is 3.77. The van der Waals surface area contributed by atoms with E-state index in [-0.39, 0.29) is 17.2 Å². The molecule has 2 N–H and O–H groups in total. The average Bonchev–Trinajstić information content (AvgIpc) is 2.94. The first-order valence-corrected chi connectivity index (χ1v) is 9.46. The van der Waals surface area contributed by atoms with Gasteiger partial charge in [-0.15, -0.1) is 0 Å². The number of aryl methyl sites for hydroxylation is 1. The van der Waals surface area contributed by atoms with E-state index in [1.807, 2.05) is 12.1 Å². The number of anilines is 1. The molecule has 126 valence electrons. The molecule has 0 saturated heterocycles. The minimum absolute atomic E-state index is 0.108. The largest absolute Gasteiger partial charge is 0.326 e. The van der Waals surface area contributed by atoms with Gasteiger partial charge in [-0.3, -0.25) is 4.79 Å². The molecule has 0 atom stereocenters. The third kappa shape index (κ3) is 3.66. The van der Waals surface area contributed by atoms with Crippen molar-refractivity contribution in [2.24, 2.45) is 0 Å². The van der Waals surface area contributed by atoms with E-state index < -0.39 is 10.0 Å². The van der Waals surface area contributed by atoms with Crippen LogP contribution in [0.2, 0.25) is 0 Å². The van der Waals surface area contributed by atoms with Gasteiger partial charge in [0.15, 0.2) is 0 Å². The second kappa shape index (κ2) is 6.75. The smallest absolute Gasteiger partial charge is 0.240 e. The molecule has 6 heteroatoms. The molecule has 0 aromatic heterocycles. The minimum Gasteiger partial charge on any atom is -0.326 e. The zero-order valence-corrected chi connectivity index (χ0v) is 14.3. The van der Waals surface area contributed by atoms with Gasteiger partial charge in [0.05, 0.1) is 11.3 Å². The van der Waals surface area contributed by atoms with Gasteiger partial charge in [0, 0.05) is 12.2 Å². The van der Waals surface area contributed by atoms with Crippen molar-refractivity contribution < 1.29 is 13.2 Å². The topological polar surface area (TPSA) is 75.3 Å². The summed E-state index contributed by atoms with van der Waals surface area (Å²) < 4.78 is 27.4. The monoisotopic (exact) mass is 344 g/mol. The number of hydrogen-bond donors (Lipinski definition) is 2. The Bertz CT molecular complexity index is 858. The summed E-state index contributed by atoms with van der Waals surface area (Å²) in [6.07, 6.45) is 1.85. The third-order valence-corrected chi connectivity index (χ3v) is 5.61. The van der Waals surface area contributed by atoms with Crippen LogP contribution in [0.15, 0.2) is 47.4 Å². The first kappa shape index (κ1) is 16.7. The SMILES string of the molecule is CCc1ccc(CCNS(=O)(=O)c2ccc3c(c2)CC(=O)N3)cc1. The van der Waals surface area contributed by atoms with E-state index in [4.69, 9.17) is 0 Å². The van der Waals surface area contributed by atoms with Crippen LogP contribution in [-0.2, 0) is 34.1 Å². The zero-order valence-electron chi connectivity index (χ0n) is 13.5. The van der Waals surface area contributed by atoms with Gasteiger partial charge in [0.1, 0.15) is 0 Å². The Morgan fingerprint density at radius 1 is 1.08 bits per heavy atom. The molecule has 0 radical (unpaired) electrons. The van der Waals surface area contributed by atoms with Gasteiger partial charge in [-0.2, -0.15) is 0 Å². The van der Waals surface area contributed by atoms with Crippen molar-refractivity contribution in [1.29, 1.82) is 0 Å². The lowest BCUT2D eigenvalue weighted by Gasteiger charge is -2.08. The molecule has 1 amide bonds. The number of carbonyl (C=O) groups is 1. The number of nitrogens with one attached hydrogen (secondary N) is 2. The molecule has 1 aliphatic rings. The standard InChI is InChI=1S/C18H20N2O3S/c1-2-13-3-5-14(6-4-13)9-10-19-24(22,23)16-7-8-17-15(11-16)12-18(21)20-17/h3-8,11,19H,2,9-10,12H2,1H3,(H,20,21). The lowest BCUT2D eigenvalue weighted by atomic mass is 10.1. The van der Waals surface area contributed by atoms with Crippen LogP contribution in [0.1, 0.15) is 23.6 Å². The lowest BCUT2D eigenvalue weighted by molar-refractivity contribution is -0.115. The quantitative estimate of drug-likeness (QED) is 0.844. The molecular weight excluding hydrogens is 324 g/mol. The maximum absolute atomic E-state index is 12.4. The highest BCUT2D eigenvalue weighted by atomic mass is 32.2. The summed E-state index contributed by atoms with van der Waals surface area (Å²) in [6, 6.07) is 12.9. The molecule has 2 aromatic rings. The molecule has 0 unspecified atom stereocenters. The maximum atomic E-state index is 12.4. The normalized spacial score (nSPS) is 13.6. The molecule has 3 rings (SSSR count). The maximum Gasteiger partial charge on any atom is 0.240 e. The van der Waals surface area contributed by atoms with Gasteiger partial charge in [0.25, 0.3) is 0 Å². The second-order valence-corrected chi connectivity index (χ2v) is 7.63. The van der Waals surface area contributed by atoms with Crippen molar-refractivity contribution in [2.75, 3.05) is 11.9 Å². The summed E-state index contributed by atoms with van der Waals surface area (Å²) in [5, 5.41) is 2.70. The van der Waals surface area contributed by atoms with Crippen LogP contribution in [0.3, 0.4) is 0 Å². The Morgan fingerprint density at radius 2 is 1.79 bits per heavy atom. The number of amides is 1. The summed E-state index contributed by atoms with van der Waals surface area (Å²) >= 11 is 0. The van der Waals surface area contributed by atoms with Crippen molar-refractivity contribution >= 4 is 21.6 Å². The number of carbonyl (C=O) groups excluding carboxylic acids is 1. The Balaban J connectivity index is 1.64. The van der Waals surface area contributed by atoms with Crippen LogP contribution in [0, 0.1) is 0 Å². The first-order valence-electron chi connectivity index (χ1n) is 7.98. The third-order valence-electron chi connectivity index (χ3n) is 4.15. The van der Waals surface area contributed by atoms with Crippen LogP contribution >= 0.6 is 0 Å². The Labute approximate surface area is 142 Å². The number of fused-ring (bicyclic) bond motifs is 1. The first-order chi connectivity index (χ1) is 11.5.